The minimum atomic E-state index is 0.565. The molecule has 1 aliphatic heterocycles. The van der Waals surface area contributed by atoms with Gasteiger partial charge in [0.25, 0.3) is 0 Å². The minimum absolute atomic E-state index is 0.565. The molecule has 0 radical (unpaired) electrons. The van der Waals surface area contributed by atoms with Gasteiger partial charge in [-0.3, -0.25) is 0 Å². The second-order valence-corrected chi connectivity index (χ2v) is 18.5. The van der Waals surface area contributed by atoms with E-state index in [0.29, 0.717) is 13.2 Å². The normalized spacial score (nSPS) is 12.7. The maximum absolute atomic E-state index is 12.4. The van der Waals surface area contributed by atoms with Gasteiger partial charge >= 0.3 is 108 Å². The Kier molecular flexibility index (Phi) is 24.6. The van der Waals surface area contributed by atoms with Crippen LogP contribution in [0.3, 0.4) is 0 Å². The molecule has 4 aromatic rings. The Morgan fingerprint density at radius 3 is 1.32 bits per heavy atom. The van der Waals surface area contributed by atoms with Gasteiger partial charge in [-0.1, -0.05) is 98.8 Å². The molecule has 0 fully saturated rings. The van der Waals surface area contributed by atoms with Crippen LogP contribution in [0.1, 0.15) is 199 Å². The van der Waals surface area contributed by atoms with Gasteiger partial charge < -0.3 is 5.53 Å². The topological polar surface area (TPSA) is 43.8 Å². The average Bonchev–Trinajstić information content (AvgIpc) is 3.57. The number of hydrogen-bond acceptors (Lipinski definition) is 2. The van der Waals surface area contributed by atoms with Crippen LogP contribution in [0.5, 0.6) is 0 Å². The van der Waals surface area contributed by atoms with Crippen molar-refractivity contribution in [3.8, 4) is 0 Å². The molecule has 0 N–H and O–H groups in total. The molecule has 0 aliphatic carbocycles. The maximum atomic E-state index is 12.4. The van der Waals surface area contributed by atoms with E-state index in [9.17, 15) is 5.53 Å². The average molecular weight is 898 g/mol. The number of unbranched alkanes of at least 4 members (excludes halogenated alkanes) is 10. The van der Waals surface area contributed by atoms with Gasteiger partial charge in [-0.15, -0.1) is 0 Å². The van der Waals surface area contributed by atoms with Crippen molar-refractivity contribution in [2.75, 3.05) is 0 Å². The first kappa shape index (κ1) is 52.0. The molecule has 0 bridgehead atoms. The summed E-state index contributed by atoms with van der Waals surface area (Å²) in [5.74, 6) is 0. The Bertz CT molecular complexity index is 1920. The predicted octanol–water partition coefficient (Wildman–Crippen LogP) is 17.5. The van der Waals surface area contributed by atoms with E-state index >= 15 is 0 Å². The van der Waals surface area contributed by atoms with Gasteiger partial charge in [0, 0.05) is 22.3 Å². The molecule has 0 spiro atoms. The van der Waals surface area contributed by atoms with Gasteiger partial charge in [0.05, 0.1) is 0 Å². The molecular weight excluding hydrogens is 815 g/mol. The Labute approximate surface area is 391 Å². The van der Waals surface area contributed by atoms with Gasteiger partial charge in [-0.25, -0.2) is 4.70 Å². The fourth-order valence-electron chi connectivity index (χ4n) is 8.74. The van der Waals surface area contributed by atoms with Crippen molar-refractivity contribution in [1.29, 1.82) is 0 Å². The molecule has 346 valence electrons. The first-order valence-electron chi connectivity index (χ1n) is 24.9. The van der Waals surface area contributed by atoms with Crippen LogP contribution in [0.15, 0.2) is 96.1 Å². The van der Waals surface area contributed by atoms with E-state index in [4.69, 9.17) is 7.76 Å². The van der Waals surface area contributed by atoms with E-state index in [1.807, 2.05) is 60.7 Å². The van der Waals surface area contributed by atoms with Crippen LogP contribution in [0.25, 0.3) is 16.9 Å². The zero-order chi connectivity index (χ0) is 45.2. The molecule has 0 saturated heterocycles. The molecule has 0 aromatic heterocycles. The molecule has 4 nitrogen and oxygen atoms in total. The summed E-state index contributed by atoms with van der Waals surface area (Å²) in [5, 5.41) is 0. The molecule has 0 atom stereocenters. The number of hydrogen-bond donors (Lipinski definition) is 0. The Morgan fingerprint density at radius 1 is 0.460 bits per heavy atom. The van der Waals surface area contributed by atoms with Gasteiger partial charge in [-0.05, 0) is 143 Å². The summed E-state index contributed by atoms with van der Waals surface area (Å²) in [6, 6.07) is 29.7. The Morgan fingerprint density at radius 2 is 0.857 bits per heavy atom. The third-order valence-electron chi connectivity index (χ3n) is 12.6. The van der Waals surface area contributed by atoms with E-state index in [2.05, 4.69) is 79.7 Å². The molecule has 63 heavy (non-hydrogen) atoms. The van der Waals surface area contributed by atoms with Gasteiger partial charge in [0.15, 0.2) is 0 Å². The van der Waals surface area contributed by atoms with E-state index in [1.165, 1.54) is 123 Å². The second-order valence-electron chi connectivity index (χ2n) is 17.8. The molecule has 0 amide bonds. The van der Waals surface area contributed by atoms with Crippen molar-refractivity contribution < 1.29 is 27.5 Å². The third kappa shape index (κ3) is 16.7. The van der Waals surface area contributed by atoms with Crippen molar-refractivity contribution >= 4 is 11.4 Å². The third-order valence-corrected chi connectivity index (χ3v) is 13.2. The van der Waals surface area contributed by atoms with Crippen LogP contribution in [0.4, 0.5) is 0 Å². The van der Waals surface area contributed by atoms with E-state index < -0.39 is 0 Å². The fourth-order valence-corrected chi connectivity index (χ4v) is 9.27. The van der Waals surface area contributed by atoms with Crippen LogP contribution >= 0.6 is 0 Å². The summed E-state index contributed by atoms with van der Waals surface area (Å²) in [5.41, 5.74) is 30.7. The van der Waals surface area contributed by atoms with Crippen LogP contribution in [-0.2, 0) is 55.3 Å². The van der Waals surface area contributed by atoms with E-state index in [0.717, 1.165) is 81.7 Å². The van der Waals surface area contributed by atoms with Gasteiger partial charge in [-0.2, -0.15) is 0 Å². The first-order chi connectivity index (χ1) is 30.8. The molecule has 1 aliphatic rings. The summed E-state index contributed by atoms with van der Waals surface area (Å²) in [6.45, 7) is 19.3. The summed E-state index contributed by atoms with van der Waals surface area (Å²) < 4.78 is 12.4. The molecule has 1 heterocycles. The first-order valence-corrected chi connectivity index (χ1v) is 25.7. The quantitative estimate of drug-likeness (QED) is 0.0324. The summed E-state index contributed by atoms with van der Waals surface area (Å²) in [4.78, 5) is 0. The number of allylic oxidation sites excluding steroid dienone is 2. The molecule has 5 heteroatoms. The number of aryl methyl sites for hydroxylation is 4. The number of rotatable bonds is 28. The number of benzene rings is 4. The Balaban J connectivity index is 0.000000424. The van der Waals surface area contributed by atoms with Gasteiger partial charge in [0.1, 0.15) is 0 Å². The molecule has 4 aromatic carbocycles. The van der Waals surface area contributed by atoms with E-state index in [-0.39, 0.29) is 0 Å². The molecular formula is C58H82N2NiO2. The summed E-state index contributed by atoms with van der Waals surface area (Å²) >= 11 is 0.863. The summed E-state index contributed by atoms with van der Waals surface area (Å²) in [7, 11) is 0. The summed E-state index contributed by atoms with van der Waals surface area (Å²) in [6.07, 6.45) is 24.1. The monoisotopic (exact) mass is 897 g/mol. The standard InChI is InChI=1S/C44H68N2.2C7H7O.Ni/c1-9-14-19-23-28-42-41(26-18-13-5)43(38-29-33(6)35(8)34(7)30-38)46(45)44(42)39-31-36(24-20-15-10-2)40(27-22-17-12-4)37(32-39)25-21-16-11-3;2*8-6-7-4-2-1-3-5-7;/h29-32H,9-28H2,1-8H3;2*1-5H,6H2;/q;2*-1;+2. The number of nitrogens with zero attached hydrogens (tertiary/aromatic N) is 2. The molecule has 5 rings (SSSR count). The van der Waals surface area contributed by atoms with Crippen LogP contribution in [-0.4, -0.2) is 4.70 Å². The zero-order valence-electron chi connectivity index (χ0n) is 40.7. The van der Waals surface area contributed by atoms with Crippen molar-refractivity contribution in [2.45, 2.75) is 197 Å². The molecule has 0 unspecified atom stereocenters. The van der Waals surface area contributed by atoms with E-state index in [1.54, 1.807) is 21.4 Å². The fraction of sp³-hybridized carbons (Fsp3) is 0.517. The van der Waals surface area contributed by atoms with Crippen molar-refractivity contribution in [1.82, 2.24) is 0 Å². The second kappa shape index (κ2) is 29.7. The Hall–Kier alpha value is -3.63. The van der Waals surface area contributed by atoms with Crippen molar-refractivity contribution in [3.63, 3.8) is 0 Å². The van der Waals surface area contributed by atoms with Crippen LogP contribution in [0.2, 0.25) is 0 Å². The van der Waals surface area contributed by atoms with Crippen LogP contribution in [0, 0.1) is 20.8 Å². The predicted molar refractivity (Wildman–Crippen MR) is 265 cm³/mol. The molecule has 0 saturated carbocycles. The van der Waals surface area contributed by atoms with Crippen molar-refractivity contribution in [2.24, 2.45) is 0 Å². The zero-order valence-corrected chi connectivity index (χ0v) is 41.7. The van der Waals surface area contributed by atoms with Crippen LogP contribution < -0.4 is 0 Å². The SMILES string of the molecule is CCCCCCC1=C(c2cc(CCCCC)c(CCCCC)c(CCCCC)c2)[N+](=[N-])C(c2cc(C)c(C)c(C)c2)=C1CCCC.c1ccc(C[O][Ni][O]Cc2ccccc2)cc1. The van der Waals surface area contributed by atoms with Gasteiger partial charge in [0.2, 0.25) is 11.4 Å². The van der Waals surface area contributed by atoms with Crippen molar-refractivity contribution in [3.05, 3.63) is 157 Å².